The number of carbonyl (C=O) groups is 5. The average molecular weight is 822 g/mol. The normalized spacial score (nSPS) is 18.5. The first-order valence-corrected chi connectivity index (χ1v) is 20.2. The highest BCUT2D eigenvalue weighted by atomic mass is 16.5. The summed E-state index contributed by atoms with van der Waals surface area (Å²) in [5, 5.41) is 19.8. The molecule has 2 atom stereocenters. The first-order chi connectivity index (χ1) is 29.2. The summed E-state index contributed by atoms with van der Waals surface area (Å²) in [6.07, 6.45) is 9.31. The van der Waals surface area contributed by atoms with Gasteiger partial charge >= 0.3 is 0 Å². The molecule has 0 radical (unpaired) electrons. The van der Waals surface area contributed by atoms with Crippen LogP contribution in [0.5, 0.6) is 5.75 Å². The second kappa shape index (κ2) is 17.8. The minimum absolute atomic E-state index is 0.0536. The molecule has 1 saturated heterocycles. The second-order valence-electron chi connectivity index (χ2n) is 15.0. The summed E-state index contributed by atoms with van der Waals surface area (Å²) in [4.78, 5) is 76.1. The van der Waals surface area contributed by atoms with Crippen molar-refractivity contribution in [2.24, 2.45) is 0 Å². The summed E-state index contributed by atoms with van der Waals surface area (Å²) in [5.41, 5.74) is 3.28. The molecule has 0 spiro atoms. The number of anilines is 4. The maximum absolute atomic E-state index is 13.1. The van der Waals surface area contributed by atoms with E-state index in [1.807, 2.05) is 4.57 Å². The lowest BCUT2D eigenvalue weighted by Crippen LogP contribution is -2.52. The number of carbonyl (C=O) groups excluding carboxylic acids is 5. The molecule has 19 heteroatoms. The number of nitrogens with one attached hydrogen (secondary N) is 4. The molecule has 2 fully saturated rings. The monoisotopic (exact) mass is 821 g/mol. The average Bonchev–Trinajstić information content (AvgIpc) is 4.03. The maximum Gasteiger partial charge on any atom is 0.255 e. The minimum atomic E-state index is -0.753. The van der Waals surface area contributed by atoms with Crippen molar-refractivity contribution in [1.29, 1.82) is 0 Å². The van der Waals surface area contributed by atoms with Crippen LogP contribution in [-0.4, -0.2) is 111 Å². The molecule has 314 valence electrons. The van der Waals surface area contributed by atoms with Crippen LogP contribution >= 0.6 is 0 Å². The van der Waals surface area contributed by atoms with Crippen LogP contribution in [0.4, 0.5) is 23.1 Å². The number of aromatic nitrogens is 5. The Balaban J connectivity index is 0.777. The number of amides is 5. The van der Waals surface area contributed by atoms with Crippen molar-refractivity contribution in [2.45, 2.75) is 76.5 Å². The van der Waals surface area contributed by atoms with Gasteiger partial charge in [-0.05, 0) is 56.0 Å². The number of methoxy groups -OCH3 is 1. The van der Waals surface area contributed by atoms with Gasteiger partial charge in [0.1, 0.15) is 30.4 Å². The van der Waals surface area contributed by atoms with Gasteiger partial charge in [0.25, 0.3) is 11.8 Å². The van der Waals surface area contributed by atoms with Gasteiger partial charge in [-0.3, -0.25) is 33.9 Å². The fourth-order valence-electron chi connectivity index (χ4n) is 8.37. The number of hydrogen-bond donors (Lipinski definition) is 4. The molecule has 60 heavy (non-hydrogen) atoms. The molecule has 5 amide bonds. The Hall–Kier alpha value is -6.47. The molecule has 1 unspecified atom stereocenters. The fraction of sp³-hybridized carbons (Fsp3) is 0.439. The molecule has 4 aromatic rings. The van der Waals surface area contributed by atoms with Gasteiger partial charge in [0.2, 0.25) is 23.7 Å². The number of rotatable bonds is 16. The summed E-state index contributed by atoms with van der Waals surface area (Å²) in [5.74, 6) is 0.661. The largest absolute Gasteiger partial charge is 0.495 e. The van der Waals surface area contributed by atoms with Crippen LogP contribution in [0.3, 0.4) is 0 Å². The third-order valence-corrected chi connectivity index (χ3v) is 11.3. The Morgan fingerprint density at radius 3 is 2.63 bits per heavy atom. The molecule has 1 aliphatic carbocycles. The zero-order valence-corrected chi connectivity index (χ0v) is 33.4. The molecule has 3 aliphatic heterocycles. The number of nitrogens with zero attached hydrogens (tertiary/aromatic N) is 7. The standard InChI is InChI=1S/C41H47N11O8/c1-3-30-37-49-44-23-51(37)32-20-43-41(48-36(32)52(30)25-7-4-5-8-25)46-29-12-11-24(19-33(29)58-2)38(55)42-15-16-59-17-18-60-22-35(54)45-28-10-6-9-26-27(28)21-50(40(26)57)31-13-14-34(53)47-39(31)56/h6,9-12,19-20,23,25,30-31H,3-5,7-8,13-18,21-22H2,1-2H3,(H,42,55)(H,45,54)(H,43,46,48)(H,47,53,56)/t30-,31?/m1/s1. The van der Waals surface area contributed by atoms with E-state index in [2.05, 4.69) is 48.3 Å². The van der Waals surface area contributed by atoms with Gasteiger partial charge in [-0.2, -0.15) is 4.98 Å². The van der Waals surface area contributed by atoms with Crippen molar-refractivity contribution in [2.75, 3.05) is 55.6 Å². The number of ether oxygens (including phenoxy) is 3. The summed E-state index contributed by atoms with van der Waals surface area (Å²) >= 11 is 0. The Kier molecular flexibility index (Phi) is 12.0. The SMILES string of the molecule is CC[C@@H]1c2nncn2-c2cnc(Nc3ccc(C(=O)NCCOCCOCC(=O)Nc4cccc5c4CN(C4CCC(=O)NC4=O)C5=O)cc3OC)nc2N1C1CCCC1. The van der Waals surface area contributed by atoms with Crippen molar-refractivity contribution in [3.63, 3.8) is 0 Å². The third-order valence-electron chi connectivity index (χ3n) is 11.3. The molecular weight excluding hydrogens is 775 g/mol. The van der Waals surface area contributed by atoms with Gasteiger partial charge in [-0.1, -0.05) is 25.8 Å². The number of imide groups is 1. The smallest absolute Gasteiger partial charge is 0.255 e. The molecule has 8 rings (SSSR count). The van der Waals surface area contributed by atoms with Gasteiger partial charge in [0.15, 0.2) is 11.6 Å². The quantitative estimate of drug-likeness (QED) is 0.0942. The lowest BCUT2D eigenvalue weighted by molar-refractivity contribution is -0.137. The zero-order valence-electron chi connectivity index (χ0n) is 33.4. The van der Waals surface area contributed by atoms with Gasteiger partial charge < -0.3 is 40.0 Å². The van der Waals surface area contributed by atoms with Crippen LogP contribution in [-0.2, 0) is 30.4 Å². The maximum atomic E-state index is 13.1. The van der Waals surface area contributed by atoms with Crippen molar-refractivity contribution >= 4 is 52.7 Å². The molecule has 4 N–H and O–H groups in total. The number of hydrogen-bond acceptors (Lipinski definition) is 14. The van der Waals surface area contributed by atoms with Crippen molar-refractivity contribution in [1.82, 2.24) is 40.3 Å². The molecular formula is C41H47N11O8. The highest BCUT2D eigenvalue weighted by Crippen LogP contribution is 2.43. The summed E-state index contributed by atoms with van der Waals surface area (Å²) in [6, 6.07) is 9.73. The van der Waals surface area contributed by atoms with Crippen LogP contribution in [0.1, 0.15) is 90.0 Å². The van der Waals surface area contributed by atoms with Gasteiger partial charge in [-0.25, -0.2) is 4.98 Å². The molecule has 5 heterocycles. The second-order valence-corrected chi connectivity index (χ2v) is 15.0. The van der Waals surface area contributed by atoms with E-state index in [1.165, 1.54) is 24.9 Å². The van der Waals surface area contributed by atoms with E-state index in [0.29, 0.717) is 45.8 Å². The van der Waals surface area contributed by atoms with Gasteiger partial charge in [0, 0.05) is 47.9 Å². The van der Waals surface area contributed by atoms with Gasteiger partial charge in [0.05, 0.1) is 44.9 Å². The Morgan fingerprint density at radius 2 is 1.83 bits per heavy atom. The van der Waals surface area contributed by atoms with Crippen molar-refractivity contribution in [3.8, 4) is 11.4 Å². The molecule has 19 nitrogen and oxygen atoms in total. The van der Waals surface area contributed by atoms with Crippen LogP contribution in [0, 0.1) is 0 Å². The Morgan fingerprint density at radius 1 is 1.00 bits per heavy atom. The van der Waals surface area contributed by atoms with Crippen LogP contribution in [0.2, 0.25) is 0 Å². The van der Waals surface area contributed by atoms with Crippen LogP contribution < -0.4 is 30.9 Å². The predicted molar refractivity (Wildman–Crippen MR) is 216 cm³/mol. The molecule has 2 aromatic heterocycles. The lowest BCUT2D eigenvalue weighted by atomic mass is 10.0. The summed E-state index contributed by atoms with van der Waals surface area (Å²) in [6.45, 7) is 2.82. The topological polar surface area (TPSA) is 224 Å². The number of benzene rings is 2. The zero-order chi connectivity index (χ0) is 41.8. The first-order valence-electron chi connectivity index (χ1n) is 20.2. The molecule has 1 saturated carbocycles. The van der Waals surface area contributed by atoms with Gasteiger partial charge in [-0.15, -0.1) is 10.2 Å². The molecule has 4 aliphatic rings. The van der Waals surface area contributed by atoms with Crippen molar-refractivity contribution in [3.05, 3.63) is 71.4 Å². The Labute approximate surface area is 345 Å². The fourth-order valence-corrected chi connectivity index (χ4v) is 8.37. The molecule has 0 bridgehead atoms. The minimum Gasteiger partial charge on any atom is -0.495 e. The van der Waals surface area contributed by atoms with E-state index in [1.54, 1.807) is 48.9 Å². The summed E-state index contributed by atoms with van der Waals surface area (Å²) < 4.78 is 18.7. The van der Waals surface area contributed by atoms with E-state index in [0.717, 1.165) is 36.6 Å². The third kappa shape index (κ3) is 8.22. The number of fused-ring (bicyclic) bond motifs is 4. The van der Waals surface area contributed by atoms with Crippen LogP contribution in [0.25, 0.3) is 5.69 Å². The highest BCUT2D eigenvalue weighted by Gasteiger charge is 2.41. The van der Waals surface area contributed by atoms with Crippen molar-refractivity contribution < 1.29 is 38.2 Å². The first kappa shape index (κ1) is 40.3. The summed E-state index contributed by atoms with van der Waals surface area (Å²) in [7, 11) is 1.53. The van der Waals surface area contributed by atoms with E-state index in [4.69, 9.17) is 19.2 Å². The van der Waals surface area contributed by atoms with E-state index in [9.17, 15) is 24.0 Å². The number of piperidine rings is 1. The predicted octanol–water partition coefficient (Wildman–Crippen LogP) is 3.19. The highest BCUT2D eigenvalue weighted by molar-refractivity contribution is 6.07. The molecule has 2 aromatic carbocycles. The van der Waals surface area contributed by atoms with E-state index in [-0.39, 0.29) is 76.1 Å². The van der Waals surface area contributed by atoms with E-state index >= 15 is 0 Å². The lowest BCUT2D eigenvalue weighted by Gasteiger charge is -2.40. The Bertz CT molecular complexity index is 2290. The van der Waals surface area contributed by atoms with E-state index < -0.39 is 17.9 Å². The van der Waals surface area contributed by atoms with Crippen LogP contribution in [0.15, 0.2) is 48.9 Å².